The van der Waals surface area contributed by atoms with Crippen LogP contribution in [0.2, 0.25) is 0 Å². The third-order valence-electron chi connectivity index (χ3n) is 2.10. The predicted molar refractivity (Wildman–Crippen MR) is 68.0 cm³/mol. The number of aliphatic hydroxyl groups excluding tert-OH is 1. The summed E-state index contributed by atoms with van der Waals surface area (Å²) < 4.78 is 26.4. The molecule has 0 aliphatic heterocycles. The smallest absolute Gasteiger partial charge is 0.335 e. The van der Waals surface area contributed by atoms with Gasteiger partial charge in [-0.15, -0.1) is 0 Å². The highest BCUT2D eigenvalue weighted by atomic mass is 79.9. The molecule has 0 radical (unpaired) electrons. The molecule has 18 heavy (non-hydrogen) atoms. The van der Waals surface area contributed by atoms with Gasteiger partial charge in [-0.05, 0) is 41.1 Å². The van der Waals surface area contributed by atoms with Crippen LogP contribution in [0.15, 0.2) is 27.6 Å². The number of nitrogens with one attached hydrogen (secondary N) is 1. The molecule has 1 aromatic carbocycles. The van der Waals surface area contributed by atoms with Crippen molar-refractivity contribution in [2.45, 2.75) is 17.9 Å². The van der Waals surface area contributed by atoms with Crippen molar-refractivity contribution in [1.82, 2.24) is 4.72 Å². The lowest BCUT2D eigenvalue weighted by Gasteiger charge is -2.13. The normalized spacial score (nSPS) is 13.3. The first-order chi connectivity index (χ1) is 8.27. The zero-order valence-corrected chi connectivity index (χ0v) is 11.8. The second-order valence-corrected chi connectivity index (χ2v) is 6.19. The minimum atomic E-state index is -3.88. The first-order valence-electron chi connectivity index (χ1n) is 4.94. The summed E-state index contributed by atoms with van der Waals surface area (Å²) in [5.41, 5.74) is -0.129. The second kappa shape index (κ2) is 5.79. The topological polar surface area (TPSA) is 104 Å². The molecule has 0 aliphatic carbocycles. The van der Waals surface area contributed by atoms with E-state index in [9.17, 15) is 13.2 Å². The SMILES string of the molecule is C[C@H](CO)NS(=O)(=O)c1cc(C(=O)O)ccc1Br. The molecular formula is C10H12BrNO5S. The standard InChI is InChI=1S/C10H12BrNO5S/c1-6(5-13)12-18(16,17)9-4-7(10(14)15)2-3-8(9)11/h2-4,6,12-13H,5H2,1H3,(H,14,15)/t6-/m1/s1. The van der Waals surface area contributed by atoms with E-state index in [1.54, 1.807) is 0 Å². The van der Waals surface area contributed by atoms with E-state index < -0.39 is 22.0 Å². The van der Waals surface area contributed by atoms with Crippen LogP contribution in [-0.2, 0) is 10.0 Å². The van der Waals surface area contributed by atoms with Crippen molar-refractivity contribution < 1.29 is 23.4 Å². The summed E-state index contributed by atoms with van der Waals surface area (Å²) in [5.74, 6) is -1.21. The zero-order valence-electron chi connectivity index (χ0n) is 9.42. The fourth-order valence-corrected chi connectivity index (χ4v) is 3.43. The van der Waals surface area contributed by atoms with Crippen LogP contribution in [-0.4, -0.2) is 37.2 Å². The van der Waals surface area contributed by atoms with Crippen molar-refractivity contribution in [1.29, 1.82) is 0 Å². The van der Waals surface area contributed by atoms with Gasteiger partial charge in [0, 0.05) is 10.5 Å². The third kappa shape index (κ3) is 3.52. The number of benzene rings is 1. The molecule has 0 spiro atoms. The number of carboxylic acid groups (broad SMARTS) is 1. The molecule has 100 valence electrons. The Bertz CT molecular complexity index is 557. The van der Waals surface area contributed by atoms with Gasteiger partial charge in [0.2, 0.25) is 10.0 Å². The van der Waals surface area contributed by atoms with Crippen LogP contribution >= 0.6 is 15.9 Å². The van der Waals surface area contributed by atoms with E-state index in [-0.39, 0.29) is 21.5 Å². The highest BCUT2D eigenvalue weighted by molar-refractivity contribution is 9.10. The van der Waals surface area contributed by atoms with Crippen LogP contribution in [0.5, 0.6) is 0 Å². The van der Waals surface area contributed by atoms with Crippen molar-refractivity contribution in [2.75, 3.05) is 6.61 Å². The van der Waals surface area contributed by atoms with Gasteiger partial charge >= 0.3 is 5.97 Å². The van der Waals surface area contributed by atoms with Crippen molar-refractivity contribution in [3.05, 3.63) is 28.2 Å². The van der Waals surface area contributed by atoms with Gasteiger partial charge in [-0.3, -0.25) is 0 Å². The highest BCUT2D eigenvalue weighted by Crippen LogP contribution is 2.23. The van der Waals surface area contributed by atoms with E-state index in [1.807, 2.05) is 0 Å². The van der Waals surface area contributed by atoms with Crippen molar-refractivity contribution in [3.63, 3.8) is 0 Å². The molecule has 0 heterocycles. The molecule has 1 rings (SSSR count). The largest absolute Gasteiger partial charge is 0.478 e. The second-order valence-electron chi connectivity index (χ2n) is 3.66. The summed E-state index contributed by atoms with van der Waals surface area (Å²) >= 11 is 3.05. The molecule has 8 heteroatoms. The minimum absolute atomic E-state index is 0.129. The highest BCUT2D eigenvalue weighted by Gasteiger charge is 2.21. The fraction of sp³-hybridized carbons (Fsp3) is 0.300. The minimum Gasteiger partial charge on any atom is -0.478 e. The molecule has 0 saturated heterocycles. The van der Waals surface area contributed by atoms with Crippen LogP contribution in [0.3, 0.4) is 0 Å². The monoisotopic (exact) mass is 337 g/mol. The molecule has 0 aromatic heterocycles. The van der Waals surface area contributed by atoms with Gasteiger partial charge in [0.15, 0.2) is 0 Å². The molecule has 0 aliphatic rings. The molecule has 0 amide bonds. The lowest BCUT2D eigenvalue weighted by Crippen LogP contribution is -2.35. The van der Waals surface area contributed by atoms with E-state index in [0.29, 0.717) is 0 Å². The lowest BCUT2D eigenvalue weighted by molar-refractivity contribution is 0.0696. The summed E-state index contributed by atoms with van der Waals surface area (Å²) in [7, 11) is -3.88. The van der Waals surface area contributed by atoms with Crippen LogP contribution in [0.4, 0.5) is 0 Å². The third-order valence-corrected chi connectivity index (χ3v) is 4.68. The van der Waals surface area contributed by atoms with Gasteiger partial charge < -0.3 is 10.2 Å². The summed E-state index contributed by atoms with van der Waals surface area (Å²) in [4.78, 5) is 10.6. The maximum Gasteiger partial charge on any atom is 0.335 e. The van der Waals surface area contributed by atoms with E-state index in [0.717, 1.165) is 6.07 Å². The number of carboxylic acids is 1. The Kier molecular flexibility index (Phi) is 4.85. The Morgan fingerprint density at radius 3 is 2.61 bits per heavy atom. The van der Waals surface area contributed by atoms with Gasteiger partial charge in [-0.2, -0.15) is 0 Å². The Morgan fingerprint density at radius 1 is 1.50 bits per heavy atom. The van der Waals surface area contributed by atoms with Crippen LogP contribution < -0.4 is 4.72 Å². The van der Waals surface area contributed by atoms with Crippen molar-refractivity contribution >= 4 is 31.9 Å². The average Bonchev–Trinajstić information content (AvgIpc) is 2.28. The number of rotatable bonds is 5. The molecule has 1 aromatic rings. The Balaban J connectivity index is 3.23. The Morgan fingerprint density at radius 2 is 2.11 bits per heavy atom. The van der Waals surface area contributed by atoms with Gasteiger partial charge in [-0.25, -0.2) is 17.9 Å². The molecule has 0 fully saturated rings. The molecule has 0 saturated carbocycles. The summed E-state index contributed by atoms with van der Waals surface area (Å²) in [6.45, 7) is 1.14. The van der Waals surface area contributed by atoms with Crippen molar-refractivity contribution in [3.8, 4) is 0 Å². The maximum absolute atomic E-state index is 12.0. The van der Waals surface area contributed by atoms with Gasteiger partial charge in [0.05, 0.1) is 17.1 Å². The number of hydrogen-bond donors (Lipinski definition) is 3. The number of aromatic carboxylic acids is 1. The van der Waals surface area contributed by atoms with E-state index in [2.05, 4.69) is 20.7 Å². The quantitative estimate of drug-likeness (QED) is 0.737. The summed E-state index contributed by atoms with van der Waals surface area (Å²) in [5, 5.41) is 17.6. The number of halogens is 1. The number of aliphatic hydroxyl groups is 1. The molecule has 0 unspecified atom stereocenters. The number of hydrogen-bond acceptors (Lipinski definition) is 4. The molecule has 6 nitrogen and oxygen atoms in total. The average molecular weight is 338 g/mol. The van der Waals surface area contributed by atoms with Crippen molar-refractivity contribution in [2.24, 2.45) is 0 Å². The first-order valence-corrected chi connectivity index (χ1v) is 7.21. The first kappa shape index (κ1) is 15.1. The predicted octanol–water partition coefficient (Wildman–Crippen LogP) is 0.806. The van der Waals surface area contributed by atoms with Crippen LogP contribution in [0, 0.1) is 0 Å². The molecule has 1 atom stereocenters. The van der Waals surface area contributed by atoms with Gasteiger partial charge in [0.1, 0.15) is 0 Å². The summed E-state index contributed by atoms with van der Waals surface area (Å²) in [6, 6.07) is 3.04. The maximum atomic E-state index is 12.0. The molecular weight excluding hydrogens is 326 g/mol. The van der Waals surface area contributed by atoms with E-state index >= 15 is 0 Å². The molecule has 3 N–H and O–H groups in total. The van der Waals surface area contributed by atoms with Gasteiger partial charge in [0.25, 0.3) is 0 Å². The van der Waals surface area contributed by atoms with Crippen LogP contribution in [0.1, 0.15) is 17.3 Å². The van der Waals surface area contributed by atoms with E-state index in [4.69, 9.17) is 10.2 Å². The fourth-order valence-electron chi connectivity index (χ4n) is 1.21. The lowest BCUT2D eigenvalue weighted by atomic mass is 10.2. The number of carbonyl (C=O) groups is 1. The molecule has 0 bridgehead atoms. The Hall–Kier alpha value is -0.960. The van der Waals surface area contributed by atoms with E-state index in [1.165, 1.54) is 19.1 Å². The Labute approximate surface area is 113 Å². The van der Waals surface area contributed by atoms with Crippen LogP contribution in [0.25, 0.3) is 0 Å². The number of sulfonamides is 1. The summed E-state index contributed by atoms with van der Waals surface area (Å²) in [6.07, 6.45) is 0. The van der Waals surface area contributed by atoms with Gasteiger partial charge in [-0.1, -0.05) is 0 Å². The zero-order chi connectivity index (χ0) is 13.9.